The number of phenolic OH excluding ortho intramolecular Hbond substituents is 1. The minimum Gasteiger partial charge on any atom is -0.508 e. The molecule has 2 aromatic rings. The smallest absolute Gasteiger partial charge is 0.131 e. The van der Waals surface area contributed by atoms with Gasteiger partial charge in [0, 0.05) is 17.3 Å². The van der Waals surface area contributed by atoms with Crippen molar-refractivity contribution in [2.75, 3.05) is 5.73 Å². The quantitative estimate of drug-likeness (QED) is 0.777. The first-order chi connectivity index (χ1) is 7.18. The van der Waals surface area contributed by atoms with Crippen LogP contribution in [0.2, 0.25) is 5.02 Å². The van der Waals surface area contributed by atoms with Crippen LogP contribution < -0.4 is 5.73 Å². The minimum absolute atomic E-state index is 0.131. The molecule has 15 heavy (non-hydrogen) atoms. The highest BCUT2D eigenvalue weighted by atomic mass is 35.5. The van der Waals surface area contributed by atoms with Gasteiger partial charge >= 0.3 is 0 Å². The van der Waals surface area contributed by atoms with Crippen LogP contribution in [0.4, 0.5) is 5.82 Å². The Morgan fingerprint density at radius 3 is 2.67 bits per heavy atom. The van der Waals surface area contributed by atoms with Crippen LogP contribution in [-0.2, 0) is 0 Å². The first-order valence-electron chi connectivity index (χ1n) is 4.38. The van der Waals surface area contributed by atoms with Gasteiger partial charge in [0.2, 0.25) is 0 Å². The molecule has 0 aliphatic rings. The van der Waals surface area contributed by atoms with E-state index in [-0.39, 0.29) is 5.75 Å². The molecule has 0 aliphatic heterocycles. The fourth-order valence-corrected chi connectivity index (χ4v) is 1.64. The SMILES string of the molecule is Nc1ncccc1-c1ccc(O)cc1Cl. The van der Waals surface area contributed by atoms with Gasteiger partial charge in [0.05, 0.1) is 5.02 Å². The van der Waals surface area contributed by atoms with Gasteiger partial charge in [-0.25, -0.2) is 4.98 Å². The zero-order valence-corrected chi connectivity index (χ0v) is 8.57. The van der Waals surface area contributed by atoms with Gasteiger partial charge in [-0.3, -0.25) is 0 Å². The number of benzene rings is 1. The molecule has 0 aliphatic carbocycles. The summed E-state index contributed by atoms with van der Waals surface area (Å²) in [5.74, 6) is 0.552. The molecule has 4 heteroatoms. The van der Waals surface area contributed by atoms with Crippen molar-refractivity contribution in [2.24, 2.45) is 0 Å². The number of halogens is 1. The molecule has 1 aromatic carbocycles. The molecule has 76 valence electrons. The Morgan fingerprint density at radius 1 is 1.20 bits per heavy atom. The fourth-order valence-electron chi connectivity index (χ4n) is 1.37. The van der Waals surface area contributed by atoms with Crippen molar-refractivity contribution in [3.63, 3.8) is 0 Å². The van der Waals surface area contributed by atoms with Gasteiger partial charge in [0.1, 0.15) is 11.6 Å². The van der Waals surface area contributed by atoms with Crippen molar-refractivity contribution in [2.45, 2.75) is 0 Å². The van der Waals surface area contributed by atoms with E-state index in [0.29, 0.717) is 10.8 Å². The Morgan fingerprint density at radius 2 is 2.00 bits per heavy atom. The monoisotopic (exact) mass is 220 g/mol. The summed E-state index contributed by atoms with van der Waals surface area (Å²) in [6.45, 7) is 0. The number of nitrogens with zero attached hydrogens (tertiary/aromatic N) is 1. The van der Waals surface area contributed by atoms with E-state index >= 15 is 0 Å². The highest BCUT2D eigenvalue weighted by Gasteiger charge is 2.07. The summed E-state index contributed by atoms with van der Waals surface area (Å²) in [6.07, 6.45) is 1.62. The molecule has 0 fully saturated rings. The summed E-state index contributed by atoms with van der Waals surface area (Å²) >= 11 is 5.99. The summed E-state index contributed by atoms with van der Waals surface area (Å²) in [7, 11) is 0. The average Bonchev–Trinajstić information content (AvgIpc) is 2.20. The van der Waals surface area contributed by atoms with Crippen LogP contribution in [-0.4, -0.2) is 10.1 Å². The molecular formula is C11H9ClN2O. The second-order valence-electron chi connectivity index (χ2n) is 3.10. The Kier molecular flexibility index (Phi) is 2.47. The molecule has 0 bridgehead atoms. The molecule has 0 atom stereocenters. The molecule has 3 nitrogen and oxygen atoms in total. The van der Waals surface area contributed by atoms with Crippen molar-refractivity contribution in [1.82, 2.24) is 4.98 Å². The molecule has 0 saturated carbocycles. The fraction of sp³-hybridized carbons (Fsp3) is 0. The number of hydrogen-bond donors (Lipinski definition) is 2. The molecule has 0 amide bonds. The van der Waals surface area contributed by atoms with E-state index in [4.69, 9.17) is 17.3 Å². The first-order valence-corrected chi connectivity index (χ1v) is 4.75. The highest BCUT2D eigenvalue weighted by molar-refractivity contribution is 6.33. The minimum atomic E-state index is 0.131. The molecule has 0 unspecified atom stereocenters. The second-order valence-corrected chi connectivity index (χ2v) is 3.51. The molecule has 0 spiro atoms. The average molecular weight is 221 g/mol. The molecule has 3 N–H and O–H groups in total. The maximum Gasteiger partial charge on any atom is 0.131 e. The Hall–Kier alpha value is -1.74. The normalized spacial score (nSPS) is 10.2. The molecule has 1 heterocycles. The van der Waals surface area contributed by atoms with Gasteiger partial charge in [-0.1, -0.05) is 11.6 Å². The highest BCUT2D eigenvalue weighted by Crippen LogP contribution is 2.32. The number of aromatic hydroxyl groups is 1. The molecule has 0 saturated heterocycles. The lowest BCUT2D eigenvalue weighted by molar-refractivity contribution is 0.475. The van der Waals surface area contributed by atoms with Crippen molar-refractivity contribution in [3.05, 3.63) is 41.6 Å². The van der Waals surface area contributed by atoms with Crippen molar-refractivity contribution >= 4 is 17.4 Å². The van der Waals surface area contributed by atoms with Crippen LogP contribution in [0.1, 0.15) is 0 Å². The number of aromatic nitrogens is 1. The zero-order chi connectivity index (χ0) is 10.8. The van der Waals surface area contributed by atoms with Crippen molar-refractivity contribution in [1.29, 1.82) is 0 Å². The number of phenols is 1. The van der Waals surface area contributed by atoms with Crippen LogP contribution in [0.25, 0.3) is 11.1 Å². The van der Waals surface area contributed by atoms with Crippen LogP contribution in [0.5, 0.6) is 5.75 Å². The third-order valence-corrected chi connectivity index (χ3v) is 2.39. The van der Waals surface area contributed by atoms with Crippen LogP contribution in [0.3, 0.4) is 0 Å². The lowest BCUT2D eigenvalue weighted by atomic mass is 10.1. The zero-order valence-electron chi connectivity index (χ0n) is 7.81. The summed E-state index contributed by atoms with van der Waals surface area (Å²) in [6, 6.07) is 8.37. The lowest BCUT2D eigenvalue weighted by Gasteiger charge is -2.06. The van der Waals surface area contributed by atoms with E-state index in [9.17, 15) is 5.11 Å². The van der Waals surface area contributed by atoms with Gasteiger partial charge in [0.15, 0.2) is 0 Å². The topological polar surface area (TPSA) is 59.1 Å². The van der Waals surface area contributed by atoms with Crippen molar-refractivity contribution in [3.8, 4) is 16.9 Å². The van der Waals surface area contributed by atoms with Crippen LogP contribution in [0.15, 0.2) is 36.5 Å². The van der Waals surface area contributed by atoms with E-state index in [1.807, 2.05) is 6.07 Å². The summed E-state index contributed by atoms with van der Waals surface area (Å²) in [5.41, 5.74) is 7.26. The van der Waals surface area contributed by atoms with Gasteiger partial charge in [-0.15, -0.1) is 0 Å². The predicted octanol–water partition coefficient (Wildman–Crippen LogP) is 2.69. The first kappa shape index (κ1) is 9.80. The number of pyridine rings is 1. The number of hydrogen-bond acceptors (Lipinski definition) is 3. The molecule has 2 rings (SSSR count). The van der Waals surface area contributed by atoms with E-state index in [1.54, 1.807) is 24.4 Å². The number of nitrogen functional groups attached to an aromatic ring is 1. The van der Waals surface area contributed by atoms with Gasteiger partial charge in [-0.2, -0.15) is 0 Å². The van der Waals surface area contributed by atoms with Crippen molar-refractivity contribution < 1.29 is 5.11 Å². The van der Waals surface area contributed by atoms with Gasteiger partial charge in [0.25, 0.3) is 0 Å². The Bertz CT molecular complexity index is 500. The molecule has 1 aromatic heterocycles. The summed E-state index contributed by atoms with van der Waals surface area (Å²) < 4.78 is 0. The third kappa shape index (κ3) is 1.87. The standard InChI is InChI=1S/C11H9ClN2O/c12-10-6-7(15)3-4-8(10)9-2-1-5-14-11(9)13/h1-6,15H,(H2,13,14). The van der Waals surface area contributed by atoms with Gasteiger partial charge < -0.3 is 10.8 Å². The van der Waals surface area contributed by atoms with E-state index < -0.39 is 0 Å². The van der Waals surface area contributed by atoms with E-state index in [1.165, 1.54) is 6.07 Å². The summed E-state index contributed by atoms with van der Waals surface area (Å²) in [4.78, 5) is 3.98. The van der Waals surface area contributed by atoms with Crippen LogP contribution in [0, 0.1) is 0 Å². The van der Waals surface area contributed by atoms with Gasteiger partial charge in [-0.05, 0) is 30.3 Å². The molecule has 0 radical (unpaired) electrons. The number of anilines is 1. The third-order valence-electron chi connectivity index (χ3n) is 2.08. The number of rotatable bonds is 1. The second kappa shape index (κ2) is 3.79. The Labute approximate surface area is 92.1 Å². The Balaban J connectivity index is 2.60. The van der Waals surface area contributed by atoms with Crippen LogP contribution >= 0.6 is 11.6 Å². The predicted molar refractivity (Wildman–Crippen MR) is 60.8 cm³/mol. The molecular weight excluding hydrogens is 212 g/mol. The lowest BCUT2D eigenvalue weighted by Crippen LogP contribution is -1.93. The largest absolute Gasteiger partial charge is 0.508 e. The number of nitrogens with two attached hydrogens (primary N) is 1. The maximum absolute atomic E-state index is 9.22. The summed E-state index contributed by atoms with van der Waals surface area (Å²) in [5, 5.41) is 9.68. The van der Waals surface area contributed by atoms with E-state index in [2.05, 4.69) is 4.98 Å². The maximum atomic E-state index is 9.22. The van der Waals surface area contributed by atoms with E-state index in [0.717, 1.165) is 11.1 Å².